The van der Waals surface area contributed by atoms with Crippen LogP contribution in [0.15, 0.2) is 158 Å². The second kappa shape index (κ2) is 25.7. The quantitative estimate of drug-likeness (QED) is 0.0586. The van der Waals surface area contributed by atoms with E-state index in [-0.39, 0.29) is 36.5 Å². The number of halogens is 2. The third-order valence-corrected chi connectivity index (χ3v) is 12.9. The first-order valence-electron chi connectivity index (χ1n) is 24.4. The van der Waals surface area contributed by atoms with Crippen molar-refractivity contribution in [2.24, 2.45) is 0 Å². The number of unbranched alkanes of at least 4 members (excludes halogenated alkanes) is 2. The SMILES string of the molecule is CC(C)c1ccc(C(NC(=O)COc2ccccc2)c2cc(Cl)c3cccnc3c2O)cc1.CCCCN(CCCC)c1ccc(C(NC(=O)COc2ccccc2)c2cc(Cl)c3cccnc3c2O)cc1. The van der Waals surface area contributed by atoms with Crippen LogP contribution in [0.5, 0.6) is 23.0 Å². The number of para-hydroxylation sites is 2. The van der Waals surface area contributed by atoms with Crippen LogP contribution in [-0.4, -0.2) is 58.3 Å². The van der Waals surface area contributed by atoms with E-state index in [2.05, 4.69) is 65.3 Å². The lowest BCUT2D eigenvalue weighted by Crippen LogP contribution is -2.33. The highest BCUT2D eigenvalue weighted by molar-refractivity contribution is 6.36. The summed E-state index contributed by atoms with van der Waals surface area (Å²) in [6, 6.07) is 43.7. The fourth-order valence-electron chi connectivity index (χ4n) is 8.29. The number of pyridine rings is 2. The van der Waals surface area contributed by atoms with E-state index in [1.807, 2.05) is 78.9 Å². The molecule has 372 valence electrons. The van der Waals surface area contributed by atoms with Gasteiger partial charge in [0.05, 0.1) is 22.1 Å². The minimum atomic E-state index is -0.658. The number of anilines is 1. The molecular formula is C59H61Cl2N5O6. The van der Waals surface area contributed by atoms with Gasteiger partial charge in [0.15, 0.2) is 13.2 Å². The van der Waals surface area contributed by atoms with Crippen LogP contribution in [0.3, 0.4) is 0 Å². The molecule has 8 rings (SSSR count). The van der Waals surface area contributed by atoms with Crippen LogP contribution in [0, 0.1) is 0 Å². The molecule has 2 heterocycles. The molecular weight excluding hydrogens is 946 g/mol. The van der Waals surface area contributed by atoms with Crippen LogP contribution in [0.2, 0.25) is 10.0 Å². The topological polar surface area (TPSA) is 146 Å². The average Bonchev–Trinajstić information content (AvgIpc) is 3.41. The van der Waals surface area contributed by atoms with E-state index in [9.17, 15) is 19.8 Å². The van der Waals surface area contributed by atoms with Crippen molar-refractivity contribution in [3.63, 3.8) is 0 Å². The summed E-state index contributed by atoms with van der Waals surface area (Å²) >= 11 is 13.1. The Balaban J connectivity index is 0.000000214. The number of carbonyl (C=O) groups is 2. The molecule has 11 nitrogen and oxygen atoms in total. The van der Waals surface area contributed by atoms with E-state index in [0.29, 0.717) is 60.4 Å². The van der Waals surface area contributed by atoms with Crippen LogP contribution in [-0.2, 0) is 9.59 Å². The maximum atomic E-state index is 13.1. The number of nitrogens with zero attached hydrogens (tertiary/aromatic N) is 3. The smallest absolute Gasteiger partial charge is 0.258 e. The third-order valence-electron chi connectivity index (χ3n) is 12.2. The van der Waals surface area contributed by atoms with Crippen molar-refractivity contribution >= 4 is 62.5 Å². The van der Waals surface area contributed by atoms with E-state index >= 15 is 0 Å². The Labute approximate surface area is 431 Å². The molecule has 0 aliphatic heterocycles. The molecule has 72 heavy (non-hydrogen) atoms. The largest absolute Gasteiger partial charge is 0.505 e. The van der Waals surface area contributed by atoms with Gasteiger partial charge in [0.2, 0.25) is 0 Å². The molecule has 2 atom stereocenters. The third kappa shape index (κ3) is 13.5. The molecule has 8 aromatic rings. The molecule has 0 aliphatic rings. The van der Waals surface area contributed by atoms with Crippen molar-refractivity contribution in [2.75, 3.05) is 31.2 Å². The number of phenols is 2. The van der Waals surface area contributed by atoms with Gasteiger partial charge in [-0.2, -0.15) is 0 Å². The van der Waals surface area contributed by atoms with Crippen LogP contribution in [0.25, 0.3) is 21.8 Å². The van der Waals surface area contributed by atoms with Gasteiger partial charge in [-0.05, 0) is 108 Å². The Morgan fingerprint density at radius 3 is 1.38 bits per heavy atom. The molecule has 2 amide bonds. The van der Waals surface area contributed by atoms with Crippen LogP contribution < -0.4 is 25.0 Å². The Bertz CT molecular complexity index is 3020. The van der Waals surface area contributed by atoms with Crippen LogP contribution >= 0.6 is 23.2 Å². The number of benzene rings is 6. The molecule has 0 saturated heterocycles. The van der Waals surface area contributed by atoms with E-state index in [1.165, 1.54) is 5.56 Å². The molecule has 0 bridgehead atoms. The lowest BCUT2D eigenvalue weighted by Gasteiger charge is -2.26. The monoisotopic (exact) mass is 1010 g/mol. The number of aromatic nitrogens is 2. The average molecular weight is 1010 g/mol. The minimum Gasteiger partial charge on any atom is -0.505 e. The second-order valence-electron chi connectivity index (χ2n) is 17.7. The first-order chi connectivity index (χ1) is 34.9. The number of ether oxygens (including phenoxy) is 2. The molecule has 0 aliphatic carbocycles. The van der Waals surface area contributed by atoms with Crippen molar-refractivity contribution in [2.45, 2.75) is 71.4 Å². The molecule has 2 aromatic heterocycles. The van der Waals surface area contributed by atoms with Gasteiger partial charge in [-0.3, -0.25) is 19.6 Å². The first kappa shape index (κ1) is 52.5. The summed E-state index contributed by atoms with van der Waals surface area (Å²) in [6.07, 6.45) is 7.73. The van der Waals surface area contributed by atoms with Gasteiger partial charge in [-0.25, -0.2) is 0 Å². The predicted octanol–water partition coefficient (Wildman–Crippen LogP) is 13.3. The van der Waals surface area contributed by atoms with Crippen LogP contribution in [0.1, 0.15) is 99.2 Å². The zero-order chi connectivity index (χ0) is 51.0. The number of phenolic OH excluding ortho intramolecular Hbond substituents is 2. The summed E-state index contributed by atoms with van der Waals surface area (Å²) in [7, 11) is 0. The molecule has 13 heteroatoms. The number of fused-ring (bicyclic) bond motifs is 2. The van der Waals surface area contributed by atoms with E-state index in [4.69, 9.17) is 32.7 Å². The van der Waals surface area contributed by atoms with Crippen LogP contribution in [0.4, 0.5) is 5.69 Å². The number of hydrogen-bond donors (Lipinski definition) is 4. The molecule has 6 aromatic carbocycles. The summed E-state index contributed by atoms with van der Waals surface area (Å²) < 4.78 is 11.3. The molecule has 0 fully saturated rings. The Morgan fingerprint density at radius 2 is 0.972 bits per heavy atom. The first-order valence-corrected chi connectivity index (χ1v) is 25.1. The molecule has 0 spiro atoms. The highest BCUT2D eigenvalue weighted by Crippen LogP contribution is 2.40. The fourth-order valence-corrected chi connectivity index (χ4v) is 8.83. The van der Waals surface area contributed by atoms with Gasteiger partial charge < -0.3 is 35.2 Å². The molecule has 0 radical (unpaired) electrons. The Kier molecular flexibility index (Phi) is 18.7. The lowest BCUT2D eigenvalue weighted by molar-refractivity contribution is -0.124. The Hall–Kier alpha value is -7.34. The summed E-state index contributed by atoms with van der Waals surface area (Å²) in [6.45, 7) is 10.3. The summed E-state index contributed by atoms with van der Waals surface area (Å²) in [4.78, 5) is 37.0. The van der Waals surface area contributed by atoms with Gasteiger partial charge in [-0.15, -0.1) is 0 Å². The zero-order valence-corrected chi connectivity index (χ0v) is 42.5. The van der Waals surface area contributed by atoms with Crippen molar-refractivity contribution < 1.29 is 29.3 Å². The summed E-state index contributed by atoms with van der Waals surface area (Å²) in [5.74, 6) is 0.905. The van der Waals surface area contributed by atoms with Gasteiger partial charge >= 0.3 is 0 Å². The number of hydrogen-bond acceptors (Lipinski definition) is 9. The maximum absolute atomic E-state index is 13.1. The van der Waals surface area contributed by atoms with Crippen molar-refractivity contribution in [3.05, 3.63) is 196 Å². The minimum absolute atomic E-state index is 0.0131. The fraction of sp³-hybridized carbons (Fsp3) is 0.254. The highest BCUT2D eigenvalue weighted by Gasteiger charge is 2.26. The molecule has 0 saturated carbocycles. The van der Waals surface area contributed by atoms with Crippen molar-refractivity contribution in [1.29, 1.82) is 0 Å². The van der Waals surface area contributed by atoms with Crippen molar-refractivity contribution in [1.82, 2.24) is 20.6 Å². The Morgan fingerprint density at radius 1 is 0.569 bits per heavy atom. The molecule has 4 N–H and O–H groups in total. The summed E-state index contributed by atoms with van der Waals surface area (Å²) in [5.41, 5.74) is 5.67. The van der Waals surface area contributed by atoms with Crippen molar-refractivity contribution in [3.8, 4) is 23.0 Å². The van der Waals surface area contributed by atoms with E-state index in [1.54, 1.807) is 67.0 Å². The zero-order valence-electron chi connectivity index (χ0n) is 41.0. The van der Waals surface area contributed by atoms with E-state index < -0.39 is 12.1 Å². The van der Waals surface area contributed by atoms with Gasteiger partial charge in [-0.1, -0.05) is 137 Å². The van der Waals surface area contributed by atoms with Gasteiger partial charge in [0, 0.05) is 53.1 Å². The lowest BCUT2D eigenvalue weighted by atomic mass is 9.93. The highest BCUT2D eigenvalue weighted by atomic mass is 35.5. The number of nitrogens with one attached hydrogen (secondary N) is 2. The molecule has 2 unspecified atom stereocenters. The number of aromatic hydroxyl groups is 2. The van der Waals surface area contributed by atoms with Gasteiger partial charge in [0.1, 0.15) is 34.0 Å². The standard InChI is InChI=1S/C32H36ClN3O3.C27H25ClN2O3/c1-3-5-19-36(20-6-4-2)24-16-14-23(15-17-24)30(35-29(37)22-39-25-11-8-7-9-12-25)27-21-28(33)26-13-10-18-34-31(26)32(27)38;1-17(2)18-10-12-19(13-11-18)25(30-24(31)16-33-20-7-4-3-5-8-20)22-15-23(28)21-9-6-14-29-26(21)27(22)32/h7-18,21,30,38H,3-6,19-20,22H2,1-2H3,(H,35,37);3-15,17,25,32H,16H2,1-2H3,(H,30,31). The van der Waals surface area contributed by atoms with E-state index in [0.717, 1.165) is 55.6 Å². The summed E-state index contributed by atoms with van der Waals surface area (Å²) in [5, 5.41) is 30.5. The van der Waals surface area contributed by atoms with Gasteiger partial charge in [0.25, 0.3) is 11.8 Å². The number of carbonyl (C=O) groups excluding carboxylic acids is 2. The maximum Gasteiger partial charge on any atom is 0.258 e. The number of amides is 2. The second-order valence-corrected chi connectivity index (χ2v) is 18.5. The normalized spacial score (nSPS) is 11.9. The predicted molar refractivity (Wildman–Crippen MR) is 290 cm³/mol. The number of rotatable bonds is 20.